The van der Waals surface area contributed by atoms with E-state index in [2.05, 4.69) is 4.98 Å². The van der Waals surface area contributed by atoms with E-state index in [1.54, 1.807) is 0 Å². The summed E-state index contributed by atoms with van der Waals surface area (Å²) in [6, 6.07) is 1.16. The van der Waals surface area contributed by atoms with Gasteiger partial charge in [-0.1, -0.05) is 0 Å². The number of hydrogen-bond donors (Lipinski definition) is 1. The van der Waals surface area contributed by atoms with Crippen molar-refractivity contribution in [2.45, 2.75) is 77.3 Å². The lowest BCUT2D eigenvalue weighted by Gasteiger charge is -2.48. The van der Waals surface area contributed by atoms with E-state index in [-0.39, 0.29) is 5.82 Å². The number of nitrogen functional groups attached to an aromatic ring is 1. The molecule has 0 saturated carbocycles. The highest BCUT2D eigenvalue weighted by atomic mass is 16.7. The topological polar surface area (TPSA) is 228 Å². The van der Waals surface area contributed by atoms with Gasteiger partial charge in [-0.25, -0.2) is 9.59 Å². The molecule has 1 aromatic rings. The molecule has 1 aliphatic rings. The van der Waals surface area contributed by atoms with Gasteiger partial charge in [0.15, 0.2) is 18.3 Å². The number of anilines is 1. The van der Waals surface area contributed by atoms with Crippen LogP contribution in [0.3, 0.4) is 0 Å². The first-order chi connectivity index (χ1) is 19.1. The van der Waals surface area contributed by atoms with Gasteiger partial charge >= 0.3 is 41.5 Å². The summed E-state index contributed by atoms with van der Waals surface area (Å²) in [7, 11) is 0.975. The maximum absolute atomic E-state index is 13.4. The summed E-state index contributed by atoms with van der Waals surface area (Å²) in [6.45, 7) is 4.41. The molecule has 0 aromatic carbocycles. The minimum absolute atomic E-state index is 0.206. The third-order valence-electron chi connectivity index (χ3n) is 5.60. The molecule has 2 rings (SSSR count). The summed E-state index contributed by atoms with van der Waals surface area (Å²) in [6.07, 6.45) is -8.04. The van der Waals surface area contributed by atoms with Crippen molar-refractivity contribution >= 4 is 41.6 Å². The molecule has 1 fully saturated rings. The summed E-state index contributed by atoms with van der Waals surface area (Å²) in [5.41, 5.74) is 2.01. The lowest BCUT2D eigenvalue weighted by molar-refractivity contribution is -0.287. The van der Waals surface area contributed by atoms with Gasteiger partial charge in [-0.3, -0.25) is 28.5 Å². The fraction of sp³-hybridized carbons (Fsp3) is 0.583. The smallest absolute Gasteiger partial charge is 0.360 e. The van der Waals surface area contributed by atoms with Crippen molar-refractivity contribution in [1.82, 2.24) is 9.55 Å². The second-order valence-corrected chi connectivity index (χ2v) is 8.81. The molecule has 6 atom stereocenters. The molecule has 1 saturated heterocycles. The molecule has 17 nitrogen and oxygen atoms in total. The van der Waals surface area contributed by atoms with Crippen molar-refractivity contribution in [1.29, 1.82) is 0 Å². The molecule has 1 aromatic heterocycles. The van der Waals surface area contributed by atoms with Crippen molar-refractivity contribution in [2.75, 3.05) is 19.5 Å². The van der Waals surface area contributed by atoms with E-state index >= 15 is 0 Å². The molecule has 0 spiro atoms. The van der Waals surface area contributed by atoms with Gasteiger partial charge in [-0.15, -0.1) is 0 Å². The van der Waals surface area contributed by atoms with Crippen LogP contribution in [-0.2, 0) is 67.7 Å². The van der Waals surface area contributed by atoms with Gasteiger partial charge in [-0.2, -0.15) is 4.98 Å². The van der Waals surface area contributed by atoms with Crippen LogP contribution in [0.25, 0.3) is 0 Å². The lowest BCUT2D eigenvalue weighted by atomic mass is 9.88. The van der Waals surface area contributed by atoms with Crippen LogP contribution in [0.4, 0.5) is 5.82 Å². The number of carbonyl (C=O) groups is 6. The van der Waals surface area contributed by atoms with Crippen LogP contribution < -0.4 is 11.4 Å². The van der Waals surface area contributed by atoms with Gasteiger partial charge in [-0.05, 0) is 6.07 Å². The quantitative estimate of drug-likeness (QED) is 0.249. The summed E-state index contributed by atoms with van der Waals surface area (Å²) in [4.78, 5) is 90.0. The number of hydrogen-bond acceptors (Lipinski definition) is 16. The maximum atomic E-state index is 13.4. The Bertz CT molecular complexity index is 1250. The first-order valence-corrected chi connectivity index (χ1v) is 12.0. The molecule has 2 heterocycles. The van der Waals surface area contributed by atoms with E-state index in [1.165, 1.54) is 0 Å². The van der Waals surface area contributed by atoms with Gasteiger partial charge in [0.2, 0.25) is 0 Å². The van der Waals surface area contributed by atoms with Crippen molar-refractivity contribution in [3.8, 4) is 0 Å². The van der Waals surface area contributed by atoms with Gasteiger partial charge < -0.3 is 38.9 Å². The molecule has 0 radical (unpaired) electrons. The largest absolute Gasteiger partial charge is 0.465 e. The fourth-order valence-electron chi connectivity index (χ4n) is 4.24. The van der Waals surface area contributed by atoms with Crippen LogP contribution in [0.15, 0.2) is 17.1 Å². The molecule has 226 valence electrons. The minimum Gasteiger partial charge on any atom is -0.465 e. The highest BCUT2D eigenvalue weighted by Crippen LogP contribution is 2.39. The van der Waals surface area contributed by atoms with Crippen LogP contribution in [0.2, 0.25) is 0 Å². The number of methoxy groups -OCH3 is 1. The van der Waals surface area contributed by atoms with E-state index < -0.39 is 90.8 Å². The normalized spacial score (nSPS) is 23.2. The number of nitrogens with two attached hydrogens (primary N) is 1. The third kappa shape index (κ3) is 8.23. The highest BCUT2D eigenvalue weighted by molar-refractivity contribution is 5.78. The Kier molecular flexibility index (Phi) is 10.9. The zero-order valence-electron chi connectivity index (χ0n) is 23.1. The Morgan fingerprint density at radius 2 is 1.61 bits per heavy atom. The number of esters is 6. The Balaban J connectivity index is 2.90. The van der Waals surface area contributed by atoms with Crippen molar-refractivity contribution < 1.29 is 61.9 Å². The Labute approximate surface area is 233 Å². The van der Waals surface area contributed by atoms with Gasteiger partial charge in [0.25, 0.3) is 5.72 Å². The number of rotatable bonds is 10. The van der Waals surface area contributed by atoms with E-state index in [4.69, 9.17) is 38.9 Å². The average molecular weight is 586 g/mol. The molecule has 41 heavy (non-hydrogen) atoms. The van der Waals surface area contributed by atoms with Gasteiger partial charge in [0, 0.05) is 47.2 Å². The van der Waals surface area contributed by atoms with Crippen LogP contribution in [0.1, 0.15) is 41.0 Å². The summed E-state index contributed by atoms with van der Waals surface area (Å²) < 4.78 is 38.2. The lowest BCUT2D eigenvalue weighted by Crippen LogP contribution is -2.67. The van der Waals surface area contributed by atoms with E-state index in [9.17, 15) is 33.6 Å². The standard InChI is InChI=1S/C24H31N3O14/c1-11(28)36-10-17(38-13(3)30)20(40-15(5)32)21-19(39-14(4)31)16(37-12(2)29)9-24(41-21,22(33)35-6)27-8-7-18(25)26-23(27)34/h7-8,16-17,19-21H,9-10H2,1-6H3,(H2,25,26,34)/t16-,17+,19+,20+,21+,24-/m0/s1. The van der Waals surface area contributed by atoms with E-state index in [0.29, 0.717) is 4.57 Å². The van der Waals surface area contributed by atoms with Crippen LogP contribution >= 0.6 is 0 Å². The fourth-order valence-corrected chi connectivity index (χ4v) is 4.24. The predicted molar refractivity (Wildman–Crippen MR) is 131 cm³/mol. The monoisotopic (exact) mass is 585 g/mol. The molecule has 2 N–H and O–H groups in total. The Hall–Kier alpha value is -4.54. The summed E-state index contributed by atoms with van der Waals surface area (Å²) in [5.74, 6) is -5.90. The first kappa shape index (κ1) is 32.7. The van der Waals surface area contributed by atoms with Crippen LogP contribution in [-0.4, -0.2) is 89.6 Å². The predicted octanol–water partition coefficient (Wildman–Crippen LogP) is -1.27. The summed E-state index contributed by atoms with van der Waals surface area (Å²) >= 11 is 0. The zero-order valence-corrected chi connectivity index (χ0v) is 23.1. The summed E-state index contributed by atoms with van der Waals surface area (Å²) in [5, 5.41) is 0. The molecule has 17 heteroatoms. The first-order valence-electron chi connectivity index (χ1n) is 12.0. The number of nitrogens with zero attached hydrogens (tertiary/aromatic N) is 2. The van der Waals surface area contributed by atoms with Crippen LogP contribution in [0, 0.1) is 0 Å². The number of carbonyl (C=O) groups excluding carboxylic acids is 6. The molecular formula is C24H31N3O14. The second kappa shape index (κ2) is 13.7. The third-order valence-corrected chi connectivity index (χ3v) is 5.60. The van der Waals surface area contributed by atoms with Crippen molar-refractivity contribution in [3.63, 3.8) is 0 Å². The van der Waals surface area contributed by atoms with E-state index in [0.717, 1.165) is 54.0 Å². The van der Waals surface area contributed by atoms with Crippen molar-refractivity contribution in [3.05, 3.63) is 22.7 Å². The number of ether oxygens (including phenoxy) is 7. The Morgan fingerprint density at radius 1 is 1.00 bits per heavy atom. The highest BCUT2D eigenvalue weighted by Gasteiger charge is 2.60. The SMILES string of the molecule is COC(=O)[C@]1(n2ccc(N)nc2=O)C[C@H](OC(C)=O)[C@@H](OC(C)=O)[C@H]([C@H](OC(C)=O)[C@@H](COC(C)=O)OC(C)=O)O1. The van der Waals surface area contributed by atoms with Crippen molar-refractivity contribution in [2.24, 2.45) is 0 Å². The minimum atomic E-state index is -2.49. The Morgan fingerprint density at radius 3 is 2.10 bits per heavy atom. The molecular weight excluding hydrogens is 554 g/mol. The molecule has 0 unspecified atom stereocenters. The molecule has 1 aliphatic heterocycles. The molecule has 0 bridgehead atoms. The number of aromatic nitrogens is 2. The van der Waals surface area contributed by atoms with Gasteiger partial charge in [0.1, 0.15) is 24.6 Å². The van der Waals surface area contributed by atoms with E-state index in [1.807, 2.05) is 0 Å². The second-order valence-electron chi connectivity index (χ2n) is 8.81. The average Bonchev–Trinajstić information content (AvgIpc) is 2.84. The van der Waals surface area contributed by atoms with Crippen LogP contribution in [0.5, 0.6) is 0 Å². The zero-order chi connectivity index (χ0) is 31.1. The molecule has 0 amide bonds. The van der Waals surface area contributed by atoms with Gasteiger partial charge in [0.05, 0.1) is 7.11 Å². The maximum Gasteiger partial charge on any atom is 0.360 e. The molecule has 0 aliphatic carbocycles.